The van der Waals surface area contributed by atoms with Crippen LogP contribution in [0.4, 0.5) is 11.4 Å². The van der Waals surface area contributed by atoms with Gasteiger partial charge in [-0.1, -0.05) is 53.7 Å². The molecule has 10 heteroatoms. The van der Waals surface area contributed by atoms with Gasteiger partial charge in [0, 0.05) is 25.1 Å². The smallest absolute Gasteiger partial charge is 0.271 e. The van der Waals surface area contributed by atoms with Gasteiger partial charge >= 0.3 is 0 Å². The van der Waals surface area contributed by atoms with E-state index in [-0.39, 0.29) is 28.7 Å². The standard InChI is InChI=1S/C19H17ClN4O4S/c20-14-7-6-13(24(27)28)10-15(14)22-17(25)11-16-18(26)23-19(29-16)21-9-8-12-4-2-1-3-5-12/h1-7,10,16H,8-9,11H2,(H,22,25)(H,21,23,26). The summed E-state index contributed by atoms with van der Waals surface area (Å²) < 4.78 is 0. The predicted molar refractivity (Wildman–Crippen MR) is 113 cm³/mol. The summed E-state index contributed by atoms with van der Waals surface area (Å²) in [7, 11) is 0. The van der Waals surface area contributed by atoms with Crippen molar-refractivity contribution in [2.75, 3.05) is 11.9 Å². The third-order valence-electron chi connectivity index (χ3n) is 4.08. The number of hydrogen-bond acceptors (Lipinski definition) is 6. The van der Waals surface area contributed by atoms with E-state index in [9.17, 15) is 19.7 Å². The van der Waals surface area contributed by atoms with Crippen molar-refractivity contribution in [3.63, 3.8) is 0 Å². The molecule has 1 saturated heterocycles. The zero-order valence-corrected chi connectivity index (χ0v) is 16.7. The van der Waals surface area contributed by atoms with Crippen molar-refractivity contribution in [2.45, 2.75) is 18.1 Å². The van der Waals surface area contributed by atoms with E-state index in [0.29, 0.717) is 11.7 Å². The summed E-state index contributed by atoms with van der Waals surface area (Å²) in [4.78, 5) is 39.0. The first kappa shape index (κ1) is 20.8. The van der Waals surface area contributed by atoms with Crippen molar-refractivity contribution in [1.82, 2.24) is 5.32 Å². The van der Waals surface area contributed by atoms with Gasteiger partial charge in [-0.05, 0) is 18.1 Å². The Bertz CT molecular complexity index is 968. The highest BCUT2D eigenvalue weighted by molar-refractivity contribution is 8.15. The largest absolute Gasteiger partial charge is 0.325 e. The molecule has 1 unspecified atom stereocenters. The van der Waals surface area contributed by atoms with Gasteiger partial charge in [-0.15, -0.1) is 0 Å². The number of benzene rings is 2. The van der Waals surface area contributed by atoms with Crippen molar-refractivity contribution < 1.29 is 14.5 Å². The van der Waals surface area contributed by atoms with Gasteiger partial charge in [0.2, 0.25) is 11.8 Å². The predicted octanol–water partition coefficient (Wildman–Crippen LogP) is 3.41. The summed E-state index contributed by atoms with van der Waals surface area (Å²) in [5.41, 5.74) is 1.09. The van der Waals surface area contributed by atoms with Gasteiger partial charge in [-0.3, -0.25) is 24.7 Å². The van der Waals surface area contributed by atoms with Crippen LogP contribution in [-0.2, 0) is 16.0 Å². The van der Waals surface area contributed by atoms with E-state index in [1.165, 1.54) is 30.0 Å². The first-order valence-corrected chi connectivity index (χ1v) is 9.98. The van der Waals surface area contributed by atoms with E-state index < -0.39 is 16.1 Å². The molecule has 0 spiro atoms. The molecule has 2 aromatic rings. The van der Waals surface area contributed by atoms with Crippen molar-refractivity contribution >= 4 is 51.7 Å². The molecule has 3 rings (SSSR count). The molecule has 0 radical (unpaired) electrons. The number of non-ortho nitro benzene ring substituents is 1. The van der Waals surface area contributed by atoms with Gasteiger partial charge < -0.3 is 10.6 Å². The first-order valence-electron chi connectivity index (χ1n) is 8.72. The van der Waals surface area contributed by atoms with Crippen LogP contribution in [0.3, 0.4) is 0 Å². The molecule has 2 aromatic carbocycles. The molecular weight excluding hydrogens is 416 g/mol. The average Bonchev–Trinajstić information content (AvgIpc) is 3.03. The van der Waals surface area contributed by atoms with Crippen molar-refractivity contribution in [1.29, 1.82) is 0 Å². The molecule has 2 amide bonds. The first-order chi connectivity index (χ1) is 13.9. The third kappa shape index (κ3) is 5.78. The number of amides is 2. The van der Waals surface area contributed by atoms with Crippen LogP contribution in [-0.4, -0.2) is 33.7 Å². The maximum Gasteiger partial charge on any atom is 0.271 e. The zero-order chi connectivity index (χ0) is 20.8. The van der Waals surface area contributed by atoms with Gasteiger partial charge in [0.05, 0.1) is 15.6 Å². The molecule has 1 heterocycles. The lowest BCUT2D eigenvalue weighted by Crippen LogP contribution is -2.28. The Morgan fingerprint density at radius 1 is 1.28 bits per heavy atom. The average molecular weight is 433 g/mol. The minimum absolute atomic E-state index is 0.104. The van der Waals surface area contributed by atoms with Gasteiger partial charge in [-0.2, -0.15) is 0 Å². The summed E-state index contributed by atoms with van der Waals surface area (Å²) in [6.45, 7) is 0.523. The van der Waals surface area contributed by atoms with Crippen LogP contribution in [0.25, 0.3) is 0 Å². The fourth-order valence-electron chi connectivity index (χ4n) is 2.64. The summed E-state index contributed by atoms with van der Waals surface area (Å²) in [6.07, 6.45) is 0.643. The van der Waals surface area contributed by atoms with Gasteiger partial charge in [0.15, 0.2) is 5.17 Å². The number of hydrogen-bond donors (Lipinski definition) is 2. The Morgan fingerprint density at radius 2 is 2.03 bits per heavy atom. The summed E-state index contributed by atoms with van der Waals surface area (Å²) in [6, 6.07) is 13.6. The molecule has 0 aromatic heterocycles. The summed E-state index contributed by atoms with van der Waals surface area (Å²) >= 11 is 7.17. The minimum Gasteiger partial charge on any atom is -0.325 e. The number of nitrogens with one attached hydrogen (secondary N) is 2. The molecule has 0 aliphatic carbocycles. The minimum atomic E-state index is -0.622. The molecular formula is C19H17ClN4O4S. The quantitative estimate of drug-likeness (QED) is 0.514. The fraction of sp³-hybridized carbons (Fsp3) is 0.211. The lowest BCUT2D eigenvalue weighted by atomic mass is 10.2. The van der Waals surface area contributed by atoms with E-state index in [2.05, 4.69) is 15.6 Å². The maximum absolute atomic E-state index is 12.3. The van der Waals surface area contributed by atoms with Gasteiger partial charge in [0.25, 0.3) is 5.69 Å². The molecule has 29 heavy (non-hydrogen) atoms. The SMILES string of the molecule is O=C(CC1SC(=NCCc2ccccc2)NC1=O)Nc1cc([N+](=O)[O-])ccc1Cl. The second-order valence-electron chi connectivity index (χ2n) is 6.19. The molecule has 0 saturated carbocycles. The number of amidine groups is 1. The number of nitro groups is 1. The van der Waals surface area contributed by atoms with Crippen LogP contribution in [0.5, 0.6) is 0 Å². The monoisotopic (exact) mass is 432 g/mol. The molecule has 2 N–H and O–H groups in total. The number of anilines is 1. The normalized spacial score (nSPS) is 17.2. The lowest BCUT2D eigenvalue weighted by molar-refractivity contribution is -0.384. The van der Waals surface area contributed by atoms with E-state index in [0.717, 1.165) is 12.0 Å². The van der Waals surface area contributed by atoms with Crippen LogP contribution in [0.2, 0.25) is 5.02 Å². The molecule has 0 bridgehead atoms. The fourth-order valence-corrected chi connectivity index (χ4v) is 3.80. The molecule has 1 fully saturated rings. The van der Waals surface area contributed by atoms with E-state index in [1.807, 2.05) is 30.3 Å². The second-order valence-corrected chi connectivity index (χ2v) is 7.79. The number of thioether (sulfide) groups is 1. The number of halogens is 1. The topological polar surface area (TPSA) is 114 Å². The van der Waals surface area contributed by atoms with Crippen molar-refractivity contribution in [3.8, 4) is 0 Å². The number of aliphatic imine (C=N–C) groups is 1. The van der Waals surface area contributed by atoms with Crippen molar-refractivity contribution in [3.05, 3.63) is 69.2 Å². The van der Waals surface area contributed by atoms with E-state index in [4.69, 9.17) is 11.6 Å². The molecule has 8 nitrogen and oxygen atoms in total. The van der Waals surface area contributed by atoms with Gasteiger partial charge in [-0.25, -0.2) is 0 Å². The van der Waals surface area contributed by atoms with Crippen molar-refractivity contribution in [2.24, 2.45) is 4.99 Å². The number of carbonyl (C=O) groups is 2. The Balaban J connectivity index is 1.54. The Labute approximate surface area is 175 Å². The third-order valence-corrected chi connectivity index (χ3v) is 5.53. The van der Waals surface area contributed by atoms with Gasteiger partial charge in [0.1, 0.15) is 5.25 Å². The number of carbonyl (C=O) groups excluding carboxylic acids is 2. The Kier molecular flexibility index (Phi) is 6.84. The Morgan fingerprint density at radius 3 is 2.76 bits per heavy atom. The number of nitro benzene ring substituents is 1. The van der Waals surface area contributed by atoms with Crippen LogP contribution in [0.15, 0.2) is 53.5 Å². The highest BCUT2D eigenvalue weighted by Crippen LogP contribution is 2.28. The second kappa shape index (κ2) is 9.53. The van der Waals surface area contributed by atoms with E-state index >= 15 is 0 Å². The Hall–Kier alpha value is -2.91. The molecule has 1 aliphatic rings. The zero-order valence-electron chi connectivity index (χ0n) is 15.1. The number of rotatable bonds is 7. The van der Waals surface area contributed by atoms with Crippen LogP contribution in [0.1, 0.15) is 12.0 Å². The molecule has 1 aliphatic heterocycles. The van der Waals surface area contributed by atoms with Crippen LogP contribution in [0, 0.1) is 10.1 Å². The molecule has 1 atom stereocenters. The number of nitrogens with zero attached hydrogens (tertiary/aromatic N) is 2. The maximum atomic E-state index is 12.3. The highest BCUT2D eigenvalue weighted by Gasteiger charge is 2.32. The van der Waals surface area contributed by atoms with E-state index in [1.54, 1.807) is 0 Å². The molecule has 150 valence electrons. The van der Waals surface area contributed by atoms with Crippen LogP contribution < -0.4 is 10.6 Å². The van der Waals surface area contributed by atoms with Crippen LogP contribution >= 0.6 is 23.4 Å². The lowest BCUT2D eigenvalue weighted by Gasteiger charge is -2.08. The highest BCUT2D eigenvalue weighted by atomic mass is 35.5. The summed E-state index contributed by atoms with van der Waals surface area (Å²) in [5.74, 6) is -0.765. The summed E-state index contributed by atoms with van der Waals surface area (Å²) in [5, 5.41) is 16.1.